The maximum absolute atomic E-state index is 11.8. The first-order chi connectivity index (χ1) is 9.65. The minimum absolute atomic E-state index is 0.0793. The Hall–Kier alpha value is -1.47. The highest BCUT2D eigenvalue weighted by molar-refractivity contribution is 9.10. The molecule has 0 aliphatic heterocycles. The summed E-state index contributed by atoms with van der Waals surface area (Å²) < 4.78 is 0.973. The zero-order chi connectivity index (χ0) is 14.5. The van der Waals surface area contributed by atoms with Crippen LogP contribution in [-0.4, -0.2) is 34.1 Å². The highest BCUT2D eigenvalue weighted by Gasteiger charge is 2.15. The van der Waals surface area contributed by atoms with Gasteiger partial charge < -0.3 is 15.5 Å². The second-order valence-corrected chi connectivity index (χ2v) is 5.57. The Labute approximate surface area is 130 Å². The zero-order valence-corrected chi connectivity index (χ0v) is 13.0. The lowest BCUT2D eigenvalue weighted by Gasteiger charge is -2.05. The summed E-state index contributed by atoms with van der Waals surface area (Å²) in [5, 5.41) is 15.7. The van der Waals surface area contributed by atoms with Crippen LogP contribution in [0.2, 0.25) is 0 Å². The number of carbonyl (C=O) groups excluding carboxylic acids is 1. The molecule has 0 unspecified atom stereocenters. The topological polar surface area (TPSA) is 77.5 Å². The Kier molecular flexibility index (Phi) is 5.08. The van der Waals surface area contributed by atoms with Gasteiger partial charge in [-0.25, -0.2) is 0 Å². The van der Waals surface area contributed by atoms with Gasteiger partial charge in [-0.1, -0.05) is 27.2 Å². The number of fused-ring (bicyclic) bond motifs is 1. The average molecular weight is 356 g/mol. The van der Waals surface area contributed by atoms with Crippen molar-refractivity contribution in [2.45, 2.75) is 6.42 Å². The van der Waals surface area contributed by atoms with Gasteiger partial charge in [-0.15, -0.1) is 0 Å². The summed E-state index contributed by atoms with van der Waals surface area (Å²) in [6, 6.07) is 5.83. The molecule has 1 heterocycles. The SMILES string of the molecule is O=C(NCCS)/C(Cc1c[nH]c2cc(Br)ccc12)=N/O. The highest BCUT2D eigenvalue weighted by atomic mass is 79.9. The molecule has 2 aromatic rings. The third kappa shape index (κ3) is 3.34. The van der Waals surface area contributed by atoms with E-state index in [0.717, 1.165) is 20.9 Å². The Morgan fingerprint density at radius 2 is 2.30 bits per heavy atom. The van der Waals surface area contributed by atoms with Gasteiger partial charge >= 0.3 is 0 Å². The van der Waals surface area contributed by atoms with E-state index in [1.54, 1.807) is 0 Å². The molecule has 0 atom stereocenters. The van der Waals surface area contributed by atoms with Crippen molar-refractivity contribution in [2.24, 2.45) is 5.16 Å². The number of thiol groups is 1. The van der Waals surface area contributed by atoms with Crippen molar-refractivity contribution in [1.29, 1.82) is 0 Å². The summed E-state index contributed by atoms with van der Waals surface area (Å²) in [7, 11) is 0. The molecule has 106 valence electrons. The second kappa shape index (κ2) is 6.81. The molecule has 3 N–H and O–H groups in total. The normalized spacial score (nSPS) is 11.8. The minimum atomic E-state index is -0.381. The highest BCUT2D eigenvalue weighted by Crippen LogP contribution is 2.22. The quantitative estimate of drug-likeness (QED) is 0.287. The number of amides is 1. The van der Waals surface area contributed by atoms with E-state index < -0.39 is 0 Å². The van der Waals surface area contributed by atoms with Gasteiger partial charge in [0.15, 0.2) is 0 Å². The first-order valence-electron chi connectivity index (χ1n) is 6.01. The predicted molar refractivity (Wildman–Crippen MR) is 85.8 cm³/mol. The Balaban J connectivity index is 2.20. The van der Waals surface area contributed by atoms with Gasteiger partial charge in [0.2, 0.25) is 0 Å². The lowest BCUT2D eigenvalue weighted by Crippen LogP contribution is -2.33. The average Bonchev–Trinajstić information content (AvgIpc) is 2.84. The van der Waals surface area contributed by atoms with Gasteiger partial charge in [0.1, 0.15) is 5.71 Å². The van der Waals surface area contributed by atoms with Crippen molar-refractivity contribution in [3.05, 3.63) is 34.4 Å². The lowest BCUT2D eigenvalue weighted by molar-refractivity contribution is -0.114. The van der Waals surface area contributed by atoms with Crippen LogP contribution >= 0.6 is 28.6 Å². The standard InChI is InChI=1S/C13H14BrN3O2S/c14-9-1-2-10-8(7-16-11(10)6-9)5-12(17-19)13(18)15-3-4-20/h1-2,6-7,16,19-20H,3-5H2,(H,15,18)/b17-12+. The van der Waals surface area contributed by atoms with Gasteiger partial charge in [0.05, 0.1) is 0 Å². The van der Waals surface area contributed by atoms with Crippen molar-refractivity contribution >= 4 is 51.1 Å². The molecule has 2 rings (SSSR count). The Morgan fingerprint density at radius 3 is 3.00 bits per heavy atom. The predicted octanol–water partition coefficient (Wildman–Crippen LogP) is 2.35. The van der Waals surface area contributed by atoms with E-state index in [1.165, 1.54) is 0 Å². The largest absolute Gasteiger partial charge is 0.410 e. The maximum Gasteiger partial charge on any atom is 0.269 e. The molecule has 1 aromatic heterocycles. The van der Waals surface area contributed by atoms with Crippen LogP contribution in [0.15, 0.2) is 34.0 Å². The molecular weight excluding hydrogens is 342 g/mol. The molecule has 0 bridgehead atoms. The van der Waals surface area contributed by atoms with Crippen LogP contribution in [-0.2, 0) is 11.2 Å². The molecule has 0 aliphatic rings. The molecule has 1 amide bonds. The van der Waals surface area contributed by atoms with Gasteiger partial charge in [-0.2, -0.15) is 12.6 Å². The van der Waals surface area contributed by atoms with Crippen molar-refractivity contribution in [2.75, 3.05) is 12.3 Å². The number of rotatable bonds is 5. The fourth-order valence-corrected chi connectivity index (χ4v) is 2.39. The molecule has 7 heteroatoms. The summed E-state index contributed by atoms with van der Waals surface area (Å²) in [5.74, 6) is 0.152. The number of halogens is 1. The second-order valence-electron chi connectivity index (χ2n) is 4.21. The van der Waals surface area contributed by atoms with Gasteiger partial charge in [-0.05, 0) is 17.7 Å². The third-order valence-electron chi connectivity index (χ3n) is 2.87. The van der Waals surface area contributed by atoms with Crippen molar-refractivity contribution in [1.82, 2.24) is 10.3 Å². The number of hydrogen-bond donors (Lipinski definition) is 4. The number of nitrogens with one attached hydrogen (secondary N) is 2. The summed E-state index contributed by atoms with van der Waals surface area (Å²) in [4.78, 5) is 14.9. The number of hydrogen-bond acceptors (Lipinski definition) is 4. The molecular formula is C13H14BrN3O2S. The first kappa shape index (κ1) is 14.9. The van der Waals surface area contributed by atoms with E-state index in [4.69, 9.17) is 5.21 Å². The van der Waals surface area contributed by atoms with Gasteiger partial charge in [0, 0.05) is 40.3 Å². The smallest absolute Gasteiger partial charge is 0.269 e. The summed E-state index contributed by atoms with van der Waals surface area (Å²) in [6.45, 7) is 0.432. The van der Waals surface area contributed by atoms with Crippen LogP contribution in [0, 0.1) is 0 Å². The van der Waals surface area contributed by atoms with Crippen LogP contribution < -0.4 is 5.32 Å². The molecule has 0 aliphatic carbocycles. The molecule has 0 radical (unpaired) electrons. The number of carbonyl (C=O) groups is 1. The number of benzene rings is 1. The van der Waals surface area contributed by atoms with E-state index in [0.29, 0.717) is 12.3 Å². The monoisotopic (exact) mass is 355 g/mol. The summed E-state index contributed by atoms with van der Waals surface area (Å²) in [6.07, 6.45) is 2.07. The van der Waals surface area contributed by atoms with E-state index in [2.05, 4.69) is 44.0 Å². The van der Waals surface area contributed by atoms with Gasteiger partial charge in [0.25, 0.3) is 5.91 Å². The van der Waals surface area contributed by atoms with E-state index in [1.807, 2.05) is 24.4 Å². The minimum Gasteiger partial charge on any atom is -0.410 e. The number of aromatic amines is 1. The fourth-order valence-electron chi connectivity index (χ4n) is 1.92. The number of nitrogens with zero attached hydrogens (tertiary/aromatic N) is 1. The van der Waals surface area contributed by atoms with Crippen molar-refractivity contribution < 1.29 is 10.0 Å². The van der Waals surface area contributed by atoms with Crippen molar-refractivity contribution in [3.63, 3.8) is 0 Å². The summed E-state index contributed by atoms with van der Waals surface area (Å²) in [5.41, 5.74) is 1.94. The number of oxime groups is 1. The summed E-state index contributed by atoms with van der Waals surface area (Å²) >= 11 is 7.42. The molecule has 0 fully saturated rings. The first-order valence-corrected chi connectivity index (χ1v) is 7.43. The zero-order valence-electron chi connectivity index (χ0n) is 10.6. The lowest BCUT2D eigenvalue weighted by atomic mass is 10.1. The molecule has 0 saturated heterocycles. The maximum atomic E-state index is 11.8. The van der Waals surface area contributed by atoms with Crippen LogP contribution in [0.4, 0.5) is 0 Å². The molecule has 20 heavy (non-hydrogen) atoms. The molecule has 1 aromatic carbocycles. The fraction of sp³-hybridized carbons (Fsp3) is 0.231. The number of aromatic nitrogens is 1. The molecule has 0 saturated carbocycles. The Morgan fingerprint density at radius 1 is 1.50 bits per heavy atom. The Bertz CT molecular complexity index is 654. The van der Waals surface area contributed by atoms with Gasteiger partial charge in [-0.3, -0.25) is 4.79 Å². The van der Waals surface area contributed by atoms with Crippen LogP contribution in [0.5, 0.6) is 0 Å². The van der Waals surface area contributed by atoms with Crippen LogP contribution in [0.1, 0.15) is 5.56 Å². The molecule has 5 nitrogen and oxygen atoms in total. The van der Waals surface area contributed by atoms with E-state index in [9.17, 15) is 4.79 Å². The van der Waals surface area contributed by atoms with E-state index in [-0.39, 0.29) is 18.0 Å². The number of H-pyrrole nitrogens is 1. The van der Waals surface area contributed by atoms with Crippen molar-refractivity contribution in [3.8, 4) is 0 Å². The third-order valence-corrected chi connectivity index (χ3v) is 3.58. The van der Waals surface area contributed by atoms with E-state index >= 15 is 0 Å². The molecule has 0 spiro atoms. The van der Waals surface area contributed by atoms with Crippen LogP contribution in [0.25, 0.3) is 10.9 Å². The van der Waals surface area contributed by atoms with Crippen LogP contribution in [0.3, 0.4) is 0 Å².